The molecule has 0 radical (unpaired) electrons. The van der Waals surface area contributed by atoms with E-state index < -0.39 is 0 Å². The predicted molar refractivity (Wildman–Crippen MR) is 133 cm³/mol. The van der Waals surface area contributed by atoms with Gasteiger partial charge in [-0.3, -0.25) is 0 Å². The second-order valence-corrected chi connectivity index (χ2v) is 9.26. The van der Waals surface area contributed by atoms with E-state index in [0.29, 0.717) is 5.82 Å². The summed E-state index contributed by atoms with van der Waals surface area (Å²) in [6, 6.07) is 15.0. The largest absolute Gasteiger partial charge is 0.383 e. The minimum Gasteiger partial charge on any atom is -0.383 e. The van der Waals surface area contributed by atoms with Crippen LogP contribution in [-0.4, -0.2) is 39.4 Å². The summed E-state index contributed by atoms with van der Waals surface area (Å²) in [5, 5.41) is 10.1. The molecule has 2 aromatic heterocycles. The van der Waals surface area contributed by atoms with E-state index in [1.54, 1.807) is 0 Å². The molecule has 4 aromatic rings. The fraction of sp³-hybridized carbons (Fsp3) is 0.320. The van der Waals surface area contributed by atoms with Crippen LogP contribution >= 0.6 is 11.6 Å². The van der Waals surface area contributed by atoms with Gasteiger partial charge in [0.15, 0.2) is 5.65 Å². The van der Waals surface area contributed by atoms with Gasteiger partial charge in [0.1, 0.15) is 17.8 Å². The predicted octanol–water partition coefficient (Wildman–Crippen LogP) is 4.22. The SMILES string of the molecule is Nc1ncnc2c1c(-c1ccc(CN3CCc4c(Cl)cccc43)cc1)nn2[C@@H]1CCCNC1. The molecule has 2 aliphatic rings. The summed E-state index contributed by atoms with van der Waals surface area (Å²) in [5.74, 6) is 0.472. The quantitative estimate of drug-likeness (QED) is 0.475. The highest BCUT2D eigenvalue weighted by Gasteiger charge is 2.24. The van der Waals surface area contributed by atoms with Crippen molar-refractivity contribution in [2.24, 2.45) is 0 Å². The summed E-state index contributed by atoms with van der Waals surface area (Å²) in [7, 11) is 0. The summed E-state index contributed by atoms with van der Waals surface area (Å²) >= 11 is 6.39. The number of nitrogens with zero attached hydrogens (tertiary/aromatic N) is 5. The van der Waals surface area contributed by atoms with Crippen LogP contribution in [-0.2, 0) is 13.0 Å². The third-order valence-electron chi connectivity index (χ3n) is 6.80. The Kier molecular flexibility index (Phi) is 5.15. The van der Waals surface area contributed by atoms with E-state index in [-0.39, 0.29) is 6.04 Å². The summed E-state index contributed by atoms with van der Waals surface area (Å²) in [6.45, 7) is 3.77. The van der Waals surface area contributed by atoms with Gasteiger partial charge in [-0.2, -0.15) is 5.10 Å². The number of hydrogen-bond donors (Lipinski definition) is 2. The molecule has 1 fully saturated rings. The van der Waals surface area contributed by atoms with Crippen LogP contribution in [0.25, 0.3) is 22.3 Å². The highest BCUT2D eigenvalue weighted by molar-refractivity contribution is 6.31. The first kappa shape index (κ1) is 20.4. The van der Waals surface area contributed by atoms with Gasteiger partial charge in [0, 0.05) is 35.9 Å². The highest BCUT2D eigenvalue weighted by atomic mass is 35.5. The van der Waals surface area contributed by atoms with Crippen LogP contribution < -0.4 is 16.0 Å². The topological polar surface area (TPSA) is 84.9 Å². The van der Waals surface area contributed by atoms with Gasteiger partial charge in [0.25, 0.3) is 0 Å². The van der Waals surface area contributed by atoms with E-state index in [2.05, 4.69) is 50.5 Å². The van der Waals surface area contributed by atoms with Crippen molar-refractivity contribution in [3.05, 3.63) is 64.9 Å². The fourth-order valence-electron chi connectivity index (χ4n) is 5.11. The van der Waals surface area contributed by atoms with Crippen molar-refractivity contribution in [1.82, 2.24) is 25.1 Å². The van der Waals surface area contributed by atoms with E-state index >= 15 is 0 Å². The molecule has 0 spiro atoms. The Labute approximate surface area is 197 Å². The molecule has 0 saturated carbocycles. The van der Waals surface area contributed by atoms with E-state index in [0.717, 1.165) is 72.8 Å². The third-order valence-corrected chi connectivity index (χ3v) is 7.16. The Hall–Kier alpha value is -3.16. The zero-order valence-electron chi connectivity index (χ0n) is 18.3. The van der Waals surface area contributed by atoms with Gasteiger partial charge in [-0.1, -0.05) is 41.9 Å². The Morgan fingerprint density at radius 1 is 1.12 bits per heavy atom. The van der Waals surface area contributed by atoms with Crippen molar-refractivity contribution in [2.45, 2.75) is 31.8 Å². The van der Waals surface area contributed by atoms with Crippen LogP contribution in [0.15, 0.2) is 48.8 Å². The molecule has 3 N–H and O–H groups in total. The molecule has 0 unspecified atom stereocenters. The smallest absolute Gasteiger partial charge is 0.164 e. The molecule has 2 aromatic carbocycles. The lowest BCUT2D eigenvalue weighted by atomic mass is 10.1. The number of halogens is 1. The zero-order valence-corrected chi connectivity index (χ0v) is 19.1. The van der Waals surface area contributed by atoms with Crippen molar-refractivity contribution in [2.75, 3.05) is 30.3 Å². The number of rotatable bonds is 4. The maximum Gasteiger partial charge on any atom is 0.164 e. The molecule has 1 saturated heterocycles. The van der Waals surface area contributed by atoms with Crippen LogP contribution in [0.4, 0.5) is 11.5 Å². The van der Waals surface area contributed by atoms with E-state index in [1.165, 1.54) is 23.1 Å². The standard InChI is InChI=1S/C25H26ClN7/c26-20-4-1-5-21-19(20)10-12-32(21)14-16-6-8-17(9-7-16)23-22-24(27)29-15-30-25(22)33(31-23)18-3-2-11-28-13-18/h1,4-9,15,18,28H,2-3,10-14H2,(H2,27,29,30)/t18-/m1/s1. The number of benzene rings is 2. The normalized spacial score (nSPS) is 18.1. The average Bonchev–Trinajstić information content (AvgIpc) is 3.44. The van der Waals surface area contributed by atoms with Gasteiger partial charge >= 0.3 is 0 Å². The molecule has 33 heavy (non-hydrogen) atoms. The highest BCUT2D eigenvalue weighted by Crippen LogP contribution is 2.35. The van der Waals surface area contributed by atoms with Crippen molar-refractivity contribution in [1.29, 1.82) is 0 Å². The summed E-state index contributed by atoms with van der Waals surface area (Å²) in [4.78, 5) is 11.2. The van der Waals surface area contributed by atoms with Gasteiger partial charge in [0.2, 0.25) is 0 Å². The number of nitrogens with one attached hydrogen (secondary N) is 1. The summed E-state index contributed by atoms with van der Waals surface area (Å²) in [5.41, 5.74) is 12.7. The summed E-state index contributed by atoms with van der Waals surface area (Å²) in [6.07, 6.45) is 4.72. The number of anilines is 2. The fourth-order valence-corrected chi connectivity index (χ4v) is 5.37. The third kappa shape index (κ3) is 3.61. The number of hydrogen-bond acceptors (Lipinski definition) is 6. The molecular weight excluding hydrogens is 434 g/mol. The maximum absolute atomic E-state index is 6.39. The Bertz CT molecular complexity index is 1310. The van der Waals surface area contributed by atoms with Crippen molar-refractivity contribution in [3.63, 3.8) is 0 Å². The van der Waals surface area contributed by atoms with Crippen LogP contribution in [0.1, 0.15) is 30.0 Å². The second kappa shape index (κ2) is 8.32. The monoisotopic (exact) mass is 459 g/mol. The van der Waals surface area contributed by atoms with Gasteiger partial charge in [-0.25, -0.2) is 14.6 Å². The lowest BCUT2D eigenvalue weighted by Gasteiger charge is -2.23. The molecule has 4 heterocycles. The number of fused-ring (bicyclic) bond motifs is 2. The Morgan fingerprint density at radius 3 is 2.82 bits per heavy atom. The van der Waals surface area contributed by atoms with Crippen molar-refractivity contribution >= 4 is 34.1 Å². The van der Waals surface area contributed by atoms with Crippen LogP contribution in [0.2, 0.25) is 5.02 Å². The number of aromatic nitrogens is 4. The van der Waals surface area contributed by atoms with Crippen molar-refractivity contribution in [3.8, 4) is 11.3 Å². The first-order valence-corrected chi connectivity index (χ1v) is 11.9. The molecule has 168 valence electrons. The zero-order chi connectivity index (χ0) is 22.4. The minimum absolute atomic E-state index is 0.269. The lowest BCUT2D eigenvalue weighted by molar-refractivity contribution is 0.354. The molecular formula is C25H26ClN7. The van der Waals surface area contributed by atoms with Crippen LogP contribution in [0.3, 0.4) is 0 Å². The lowest BCUT2D eigenvalue weighted by Crippen LogP contribution is -2.32. The Morgan fingerprint density at radius 2 is 2.00 bits per heavy atom. The molecule has 8 heteroatoms. The van der Waals surface area contributed by atoms with Crippen LogP contribution in [0.5, 0.6) is 0 Å². The second-order valence-electron chi connectivity index (χ2n) is 8.86. The van der Waals surface area contributed by atoms with Gasteiger partial charge in [-0.15, -0.1) is 0 Å². The van der Waals surface area contributed by atoms with Crippen LogP contribution in [0, 0.1) is 0 Å². The van der Waals surface area contributed by atoms with Gasteiger partial charge in [0.05, 0.1) is 11.4 Å². The molecule has 1 atom stereocenters. The Balaban J connectivity index is 1.32. The van der Waals surface area contributed by atoms with E-state index in [4.69, 9.17) is 22.4 Å². The molecule has 0 amide bonds. The maximum atomic E-state index is 6.39. The van der Waals surface area contributed by atoms with Gasteiger partial charge < -0.3 is 16.0 Å². The van der Waals surface area contributed by atoms with E-state index in [9.17, 15) is 0 Å². The first-order valence-electron chi connectivity index (χ1n) is 11.5. The minimum atomic E-state index is 0.269. The number of nitrogens with two attached hydrogens (primary N) is 1. The number of piperidine rings is 1. The molecule has 7 nitrogen and oxygen atoms in total. The first-order chi connectivity index (χ1) is 16.2. The average molecular weight is 460 g/mol. The summed E-state index contributed by atoms with van der Waals surface area (Å²) < 4.78 is 2.04. The molecule has 2 aliphatic heterocycles. The van der Waals surface area contributed by atoms with Crippen molar-refractivity contribution < 1.29 is 0 Å². The number of nitrogen functional groups attached to an aromatic ring is 1. The molecule has 6 rings (SSSR count). The van der Waals surface area contributed by atoms with E-state index in [1.807, 2.05) is 16.8 Å². The van der Waals surface area contributed by atoms with Gasteiger partial charge in [-0.05, 0) is 49.1 Å². The molecule has 0 aliphatic carbocycles. The molecule has 0 bridgehead atoms.